The van der Waals surface area contributed by atoms with Gasteiger partial charge in [0.25, 0.3) is 0 Å². The Balaban J connectivity index is 2.17. The first-order chi connectivity index (χ1) is 8.44. The van der Waals surface area contributed by atoms with Gasteiger partial charge in [-0.1, -0.05) is 20.8 Å². The quantitative estimate of drug-likeness (QED) is 0.840. The minimum atomic E-state index is -0.181. The Labute approximate surface area is 109 Å². The topological polar surface area (TPSA) is 61.6 Å². The number of allylic oxidation sites excluding steroid dienone is 1. The maximum absolute atomic E-state index is 11.7. The lowest BCUT2D eigenvalue weighted by Gasteiger charge is -2.42. The van der Waals surface area contributed by atoms with Gasteiger partial charge in [-0.15, -0.1) is 0 Å². The third kappa shape index (κ3) is 2.33. The van der Waals surface area contributed by atoms with Crippen LogP contribution >= 0.6 is 0 Å². The molecule has 3 atom stereocenters. The minimum absolute atomic E-state index is 0.0613. The molecule has 4 heteroatoms. The molecule has 2 N–H and O–H groups in total. The monoisotopic (exact) mass is 253 g/mol. The van der Waals surface area contributed by atoms with Crippen LogP contribution in [0.4, 0.5) is 0 Å². The predicted octanol–water partition coefficient (Wildman–Crippen LogP) is 2.40. The van der Waals surface area contributed by atoms with Crippen LogP contribution in [0.3, 0.4) is 0 Å². The maximum Gasteiger partial charge on any atom is 0.229 e. The molecule has 1 aliphatic heterocycles. The van der Waals surface area contributed by atoms with Gasteiger partial charge >= 0.3 is 0 Å². The summed E-state index contributed by atoms with van der Waals surface area (Å²) in [5, 5.41) is 0. The van der Waals surface area contributed by atoms with E-state index in [1.54, 1.807) is 6.26 Å². The summed E-state index contributed by atoms with van der Waals surface area (Å²) in [5.41, 5.74) is 5.48. The molecule has 2 aliphatic rings. The van der Waals surface area contributed by atoms with Crippen molar-refractivity contribution in [3.05, 3.63) is 12.0 Å². The lowest BCUT2D eigenvalue weighted by Crippen LogP contribution is -2.42. The standard InChI is InChI=1S/C14H23NO3/c1-9(2)10-4-5-14(3,6-11(10)13(15)16)12-7-17-8-18-12/h7,9-11H,4-6,8H2,1-3H3,(H2,15,16). The molecule has 18 heavy (non-hydrogen) atoms. The normalized spacial score (nSPS) is 35.9. The third-order valence-corrected chi connectivity index (χ3v) is 4.51. The molecular weight excluding hydrogens is 230 g/mol. The Bertz CT molecular complexity index is 364. The smallest absolute Gasteiger partial charge is 0.229 e. The van der Waals surface area contributed by atoms with Crippen molar-refractivity contribution in [2.75, 3.05) is 6.79 Å². The molecule has 1 heterocycles. The van der Waals surface area contributed by atoms with E-state index in [0.717, 1.165) is 25.0 Å². The van der Waals surface area contributed by atoms with E-state index in [-0.39, 0.29) is 17.2 Å². The summed E-state index contributed by atoms with van der Waals surface area (Å²) in [6, 6.07) is 0. The Kier molecular flexibility index (Phi) is 3.55. The summed E-state index contributed by atoms with van der Waals surface area (Å²) >= 11 is 0. The summed E-state index contributed by atoms with van der Waals surface area (Å²) in [6.45, 7) is 6.76. The number of hydrogen-bond acceptors (Lipinski definition) is 3. The lowest BCUT2D eigenvalue weighted by atomic mass is 9.62. The second kappa shape index (κ2) is 4.82. The number of amides is 1. The summed E-state index contributed by atoms with van der Waals surface area (Å²) in [6.07, 6.45) is 4.49. The molecule has 0 saturated heterocycles. The molecule has 1 aliphatic carbocycles. The molecule has 0 aromatic carbocycles. The first-order valence-corrected chi connectivity index (χ1v) is 6.68. The van der Waals surface area contributed by atoms with E-state index in [9.17, 15) is 4.79 Å². The van der Waals surface area contributed by atoms with Crippen LogP contribution in [0.2, 0.25) is 0 Å². The van der Waals surface area contributed by atoms with Crippen molar-refractivity contribution >= 4 is 5.91 Å². The fraction of sp³-hybridized carbons (Fsp3) is 0.786. The van der Waals surface area contributed by atoms with Crippen molar-refractivity contribution in [2.24, 2.45) is 28.9 Å². The molecule has 0 aromatic heterocycles. The molecule has 3 unspecified atom stereocenters. The molecule has 102 valence electrons. The van der Waals surface area contributed by atoms with Crippen LogP contribution in [-0.4, -0.2) is 12.7 Å². The zero-order chi connectivity index (χ0) is 13.3. The summed E-state index contributed by atoms with van der Waals surface area (Å²) in [4.78, 5) is 11.7. The van der Waals surface area contributed by atoms with Gasteiger partial charge in [0, 0.05) is 11.3 Å². The van der Waals surface area contributed by atoms with Gasteiger partial charge in [-0.05, 0) is 31.1 Å². The van der Waals surface area contributed by atoms with Gasteiger partial charge in [0.05, 0.1) is 0 Å². The van der Waals surface area contributed by atoms with Gasteiger partial charge in [-0.2, -0.15) is 0 Å². The molecule has 1 saturated carbocycles. The zero-order valence-corrected chi connectivity index (χ0v) is 11.4. The zero-order valence-electron chi connectivity index (χ0n) is 11.4. The highest BCUT2D eigenvalue weighted by Gasteiger charge is 2.45. The van der Waals surface area contributed by atoms with E-state index in [1.807, 2.05) is 0 Å². The first kappa shape index (κ1) is 13.2. The van der Waals surface area contributed by atoms with Gasteiger partial charge in [-0.3, -0.25) is 4.79 Å². The first-order valence-electron chi connectivity index (χ1n) is 6.68. The summed E-state index contributed by atoms with van der Waals surface area (Å²) < 4.78 is 10.7. The third-order valence-electron chi connectivity index (χ3n) is 4.51. The van der Waals surface area contributed by atoms with E-state index < -0.39 is 0 Å². The fourth-order valence-corrected chi connectivity index (χ4v) is 3.32. The molecule has 1 amide bonds. The van der Waals surface area contributed by atoms with E-state index >= 15 is 0 Å². The van der Waals surface area contributed by atoms with Crippen molar-refractivity contribution in [1.82, 2.24) is 0 Å². The maximum atomic E-state index is 11.7. The van der Waals surface area contributed by atoms with Crippen LogP contribution in [0.1, 0.15) is 40.0 Å². The Morgan fingerprint density at radius 3 is 2.78 bits per heavy atom. The summed E-state index contributed by atoms with van der Waals surface area (Å²) in [5.74, 6) is 1.50. The van der Waals surface area contributed by atoms with Gasteiger partial charge < -0.3 is 15.2 Å². The number of hydrogen-bond donors (Lipinski definition) is 1. The Morgan fingerprint density at radius 2 is 2.28 bits per heavy atom. The predicted molar refractivity (Wildman–Crippen MR) is 68.1 cm³/mol. The Morgan fingerprint density at radius 1 is 1.56 bits per heavy atom. The van der Waals surface area contributed by atoms with Crippen molar-refractivity contribution in [3.63, 3.8) is 0 Å². The highest BCUT2D eigenvalue weighted by molar-refractivity contribution is 5.77. The van der Waals surface area contributed by atoms with E-state index in [2.05, 4.69) is 20.8 Å². The van der Waals surface area contributed by atoms with Gasteiger partial charge in [0.15, 0.2) is 0 Å². The van der Waals surface area contributed by atoms with E-state index in [0.29, 0.717) is 18.6 Å². The number of carbonyl (C=O) groups excluding carboxylic acids is 1. The highest BCUT2D eigenvalue weighted by atomic mass is 16.7. The highest BCUT2D eigenvalue weighted by Crippen LogP contribution is 2.49. The molecule has 2 rings (SSSR count). The average molecular weight is 253 g/mol. The van der Waals surface area contributed by atoms with E-state index in [4.69, 9.17) is 15.2 Å². The SMILES string of the molecule is CC(C)C1CCC(C)(C2=COCO2)CC1C(N)=O. The fourth-order valence-electron chi connectivity index (χ4n) is 3.32. The largest absolute Gasteiger partial charge is 0.462 e. The van der Waals surface area contributed by atoms with Crippen LogP contribution < -0.4 is 5.73 Å². The second-order valence-electron chi connectivity index (χ2n) is 6.13. The number of carbonyl (C=O) groups is 1. The molecular formula is C14H23NO3. The van der Waals surface area contributed by atoms with Gasteiger partial charge in [-0.25, -0.2) is 0 Å². The van der Waals surface area contributed by atoms with Crippen molar-refractivity contribution in [2.45, 2.75) is 40.0 Å². The van der Waals surface area contributed by atoms with Gasteiger partial charge in [0.1, 0.15) is 12.0 Å². The molecule has 0 aromatic rings. The summed E-state index contributed by atoms with van der Waals surface area (Å²) in [7, 11) is 0. The molecule has 4 nitrogen and oxygen atoms in total. The average Bonchev–Trinajstić information content (AvgIpc) is 2.82. The lowest BCUT2D eigenvalue weighted by molar-refractivity contribution is -0.127. The van der Waals surface area contributed by atoms with Gasteiger partial charge in [0.2, 0.25) is 12.7 Å². The van der Waals surface area contributed by atoms with Crippen molar-refractivity contribution in [1.29, 1.82) is 0 Å². The number of rotatable bonds is 3. The van der Waals surface area contributed by atoms with Crippen molar-refractivity contribution < 1.29 is 14.3 Å². The minimum Gasteiger partial charge on any atom is -0.462 e. The number of nitrogens with two attached hydrogens (primary N) is 1. The Hall–Kier alpha value is -1.19. The molecule has 0 bridgehead atoms. The molecule has 0 spiro atoms. The van der Waals surface area contributed by atoms with E-state index in [1.165, 1.54) is 0 Å². The second-order valence-corrected chi connectivity index (χ2v) is 6.13. The number of ether oxygens (including phenoxy) is 2. The van der Waals surface area contributed by atoms with Crippen LogP contribution in [-0.2, 0) is 14.3 Å². The van der Waals surface area contributed by atoms with Crippen molar-refractivity contribution in [3.8, 4) is 0 Å². The van der Waals surface area contributed by atoms with Crippen LogP contribution in [0, 0.1) is 23.2 Å². The van der Waals surface area contributed by atoms with Crippen LogP contribution in [0.15, 0.2) is 12.0 Å². The van der Waals surface area contributed by atoms with Crippen LogP contribution in [0.25, 0.3) is 0 Å². The molecule has 1 fully saturated rings. The molecule has 0 radical (unpaired) electrons. The van der Waals surface area contributed by atoms with Crippen LogP contribution in [0.5, 0.6) is 0 Å². The number of primary amides is 1.